The summed E-state index contributed by atoms with van der Waals surface area (Å²) in [7, 11) is -3.97. The van der Waals surface area contributed by atoms with Gasteiger partial charge in [0, 0.05) is 6.07 Å². The van der Waals surface area contributed by atoms with E-state index in [0.717, 1.165) is 0 Å². The first-order valence-electron chi connectivity index (χ1n) is 5.97. The molecule has 2 rings (SSSR count). The molecule has 21 heavy (non-hydrogen) atoms. The molecule has 0 saturated carbocycles. The van der Waals surface area contributed by atoms with Gasteiger partial charge in [-0.2, -0.15) is 0 Å². The number of amides is 1. The van der Waals surface area contributed by atoms with Crippen molar-refractivity contribution in [3.63, 3.8) is 0 Å². The van der Waals surface area contributed by atoms with E-state index in [9.17, 15) is 23.4 Å². The van der Waals surface area contributed by atoms with E-state index in [-0.39, 0.29) is 23.6 Å². The van der Waals surface area contributed by atoms with Crippen molar-refractivity contribution in [1.82, 2.24) is 0 Å². The molecule has 0 heterocycles. The van der Waals surface area contributed by atoms with Crippen LogP contribution in [-0.2, 0) is 20.6 Å². The molecule has 0 aliphatic carbocycles. The number of hydrogen-bond acceptors (Lipinski definition) is 5. The summed E-state index contributed by atoms with van der Waals surface area (Å²) < 4.78 is 25.1. The van der Waals surface area contributed by atoms with Gasteiger partial charge in [-0.1, -0.05) is 18.2 Å². The molecule has 0 fully saturated rings. The van der Waals surface area contributed by atoms with E-state index in [0.29, 0.717) is 9.87 Å². The van der Waals surface area contributed by atoms with Crippen LogP contribution in [0.4, 0.5) is 5.69 Å². The lowest BCUT2D eigenvalue weighted by Gasteiger charge is -2.17. The SMILES string of the molecule is O=CN(c1cccc(O)c1)S(=O)(=O)Cc1cccc(O)c1. The van der Waals surface area contributed by atoms with Gasteiger partial charge in [0.25, 0.3) is 0 Å². The van der Waals surface area contributed by atoms with E-state index >= 15 is 0 Å². The van der Waals surface area contributed by atoms with Gasteiger partial charge >= 0.3 is 0 Å². The summed E-state index contributed by atoms with van der Waals surface area (Å²) in [5.74, 6) is -0.653. The molecule has 2 aromatic carbocycles. The first kappa shape index (κ1) is 14.9. The average molecular weight is 307 g/mol. The zero-order valence-electron chi connectivity index (χ0n) is 10.9. The summed E-state index contributed by atoms with van der Waals surface area (Å²) in [6, 6.07) is 11.1. The maximum atomic E-state index is 12.3. The summed E-state index contributed by atoms with van der Waals surface area (Å²) >= 11 is 0. The number of rotatable bonds is 5. The molecule has 0 spiro atoms. The Balaban J connectivity index is 2.34. The first-order valence-corrected chi connectivity index (χ1v) is 7.57. The van der Waals surface area contributed by atoms with Gasteiger partial charge in [0.2, 0.25) is 16.4 Å². The number of phenols is 2. The minimum atomic E-state index is -3.97. The molecule has 2 aromatic rings. The standard InChI is InChI=1S/C14H13NO5S/c16-10-15(12-4-2-6-14(18)8-12)21(19,20)9-11-3-1-5-13(17)7-11/h1-8,10,17-18H,9H2. The molecular formula is C14H13NO5S. The van der Waals surface area contributed by atoms with Gasteiger partial charge in [0.1, 0.15) is 11.5 Å². The second-order valence-corrected chi connectivity index (χ2v) is 6.19. The quantitative estimate of drug-likeness (QED) is 0.818. The van der Waals surface area contributed by atoms with Crippen molar-refractivity contribution in [3.05, 3.63) is 54.1 Å². The Hall–Kier alpha value is -2.54. The van der Waals surface area contributed by atoms with Crippen LogP contribution in [0.15, 0.2) is 48.5 Å². The molecule has 0 aromatic heterocycles. The normalized spacial score (nSPS) is 11.0. The highest BCUT2D eigenvalue weighted by Gasteiger charge is 2.23. The zero-order chi connectivity index (χ0) is 15.5. The predicted octanol–water partition coefficient (Wildman–Crippen LogP) is 1.59. The lowest BCUT2D eigenvalue weighted by molar-refractivity contribution is -0.106. The third-order valence-electron chi connectivity index (χ3n) is 2.74. The van der Waals surface area contributed by atoms with Crippen LogP contribution in [0.5, 0.6) is 11.5 Å². The molecule has 0 aliphatic heterocycles. The zero-order valence-corrected chi connectivity index (χ0v) is 11.7. The maximum Gasteiger partial charge on any atom is 0.245 e. The van der Waals surface area contributed by atoms with E-state index in [4.69, 9.17) is 0 Å². The van der Waals surface area contributed by atoms with E-state index in [1.54, 1.807) is 0 Å². The van der Waals surface area contributed by atoms with E-state index in [1.165, 1.54) is 48.5 Å². The van der Waals surface area contributed by atoms with Crippen LogP contribution in [-0.4, -0.2) is 25.0 Å². The van der Waals surface area contributed by atoms with Gasteiger partial charge in [-0.15, -0.1) is 0 Å². The fraction of sp³-hybridized carbons (Fsp3) is 0.0714. The second kappa shape index (κ2) is 5.84. The van der Waals surface area contributed by atoms with Crippen LogP contribution in [0, 0.1) is 0 Å². The van der Waals surface area contributed by atoms with Gasteiger partial charge in [-0.05, 0) is 29.8 Å². The van der Waals surface area contributed by atoms with Crippen LogP contribution in [0.2, 0.25) is 0 Å². The van der Waals surface area contributed by atoms with Gasteiger partial charge in [-0.25, -0.2) is 12.7 Å². The Kier molecular flexibility index (Phi) is 4.13. The highest BCUT2D eigenvalue weighted by Crippen LogP contribution is 2.23. The number of hydrogen-bond donors (Lipinski definition) is 2. The molecular weight excluding hydrogens is 294 g/mol. The lowest BCUT2D eigenvalue weighted by atomic mass is 10.2. The number of nitrogens with zero attached hydrogens (tertiary/aromatic N) is 1. The molecule has 110 valence electrons. The Morgan fingerprint density at radius 2 is 1.62 bits per heavy atom. The smallest absolute Gasteiger partial charge is 0.245 e. The van der Waals surface area contributed by atoms with Crippen LogP contribution in [0.3, 0.4) is 0 Å². The van der Waals surface area contributed by atoms with Gasteiger partial charge < -0.3 is 10.2 Å². The van der Waals surface area contributed by atoms with Crippen molar-refractivity contribution >= 4 is 22.1 Å². The molecule has 0 bridgehead atoms. The molecule has 6 nitrogen and oxygen atoms in total. The van der Waals surface area contributed by atoms with E-state index in [1.807, 2.05) is 0 Å². The number of benzene rings is 2. The van der Waals surface area contributed by atoms with Crippen molar-refractivity contribution in [2.45, 2.75) is 5.75 Å². The number of anilines is 1. The molecule has 0 radical (unpaired) electrons. The Labute approximate surface area is 121 Å². The van der Waals surface area contributed by atoms with Crippen molar-refractivity contribution in [2.24, 2.45) is 0 Å². The van der Waals surface area contributed by atoms with E-state index in [2.05, 4.69) is 0 Å². The highest BCUT2D eigenvalue weighted by molar-refractivity contribution is 7.92. The maximum absolute atomic E-state index is 12.3. The molecule has 0 atom stereocenters. The van der Waals surface area contributed by atoms with Crippen LogP contribution < -0.4 is 4.31 Å². The summed E-state index contributed by atoms with van der Waals surface area (Å²) in [5, 5.41) is 18.7. The first-order chi connectivity index (χ1) is 9.92. The predicted molar refractivity (Wildman–Crippen MR) is 77.4 cm³/mol. The number of sulfonamides is 1. The van der Waals surface area contributed by atoms with Crippen molar-refractivity contribution in [1.29, 1.82) is 0 Å². The van der Waals surface area contributed by atoms with Crippen LogP contribution >= 0.6 is 0 Å². The molecule has 0 unspecified atom stereocenters. The number of phenolic OH excluding ortho intramolecular Hbond substituents is 2. The summed E-state index contributed by atoms with van der Waals surface area (Å²) in [6.45, 7) is 0. The topological polar surface area (TPSA) is 94.9 Å². The fourth-order valence-corrected chi connectivity index (χ4v) is 3.15. The van der Waals surface area contributed by atoms with Gasteiger partial charge in [-0.3, -0.25) is 4.79 Å². The minimum Gasteiger partial charge on any atom is -0.508 e. The molecule has 0 aliphatic rings. The van der Waals surface area contributed by atoms with Crippen molar-refractivity contribution in [3.8, 4) is 11.5 Å². The lowest BCUT2D eigenvalue weighted by Crippen LogP contribution is -2.30. The Morgan fingerprint density at radius 1 is 1.00 bits per heavy atom. The third-order valence-corrected chi connectivity index (χ3v) is 4.33. The Bertz CT molecular complexity index is 757. The highest BCUT2D eigenvalue weighted by atomic mass is 32.2. The number of carbonyl (C=O) groups excluding carboxylic acids is 1. The number of aromatic hydroxyl groups is 2. The van der Waals surface area contributed by atoms with Crippen molar-refractivity contribution in [2.75, 3.05) is 4.31 Å². The number of carbonyl (C=O) groups is 1. The molecule has 0 saturated heterocycles. The van der Waals surface area contributed by atoms with Crippen LogP contribution in [0.1, 0.15) is 5.56 Å². The fourth-order valence-electron chi connectivity index (χ4n) is 1.84. The van der Waals surface area contributed by atoms with Crippen LogP contribution in [0.25, 0.3) is 0 Å². The summed E-state index contributed by atoms with van der Waals surface area (Å²) in [5.41, 5.74) is 0.396. The third kappa shape index (κ3) is 3.51. The summed E-state index contributed by atoms with van der Waals surface area (Å²) in [4.78, 5) is 11.1. The molecule has 2 N–H and O–H groups in total. The van der Waals surface area contributed by atoms with Gasteiger partial charge in [0.15, 0.2) is 0 Å². The summed E-state index contributed by atoms with van der Waals surface area (Å²) in [6.07, 6.45) is 0.174. The Morgan fingerprint density at radius 3 is 2.19 bits per heavy atom. The second-order valence-electron chi connectivity index (χ2n) is 4.35. The largest absolute Gasteiger partial charge is 0.508 e. The monoisotopic (exact) mass is 307 g/mol. The molecule has 1 amide bonds. The van der Waals surface area contributed by atoms with Gasteiger partial charge in [0.05, 0.1) is 11.4 Å². The van der Waals surface area contributed by atoms with E-state index < -0.39 is 15.8 Å². The minimum absolute atomic E-state index is 0.0464. The van der Waals surface area contributed by atoms with Crippen molar-refractivity contribution < 1.29 is 23.4 Å². The molecule has 7 heteroatoms. The average Bonchev–Trinajstić information content (AvgIpc) is 2.38.